The maximum atomic E-state index is 12.4. The van der Waals surface area contributed by atoms with Crippen LogP contribution in [-0.2, 0) is 4.74 Å². The van der Waals surface area contributed by atoms with Gasteiger partial charge in [-0.2, -0.15) is 4.98 Å². The minimum atomic E-state index is -0.730. The molecule has 4 aromatic heterocycles. The Morgan fingerprint density at radius 3 is 2.92 bits per heavy atom. The van der Waals surface area contributed by atoms with E-state index in [1.54, 1.807) is 6.92 Å². The predicted molar refractivity (Wildman–Crippen MR) is 91.7 cm³/mol. The van der Waals surface area contributed by atoms with Crippen LogP contribution in [0.25, 0.3) is 16.5 Å². The van der Waals surface area contributed by atoms with Crippen LogP contribution < -0.4 is 0 Å². The van der Waals surface area contributed by atoms with Crippen LogP contribution in [0.15, 0.2) is 28.0 Å². The molecular formula is C16H14N6O3S. The Balaban J connectivity index is 1.53. The second kappa shape index (κ2) is 6.30. The largest absolute Gasteiger partial charge is 0.447 e. The summed E-state index contributed by atoms with van der Waals surface area (Å²) in [7, 11) is 0. The first kappa shape index (κ1) is 16.3. The van der Waals surface area contributed by atoms with Crippen LogP contribution in [0.2, 0.25) is 0 Å². The van der Waals surface area contributed by atoms with Crippen molar-refractivity contribution in [1.29, 1.82) is 0 Å². The van der Waals surface area contributed by atoms with E-state index in [0.717, 1.165) is 16.3 Å². The highest BCUT2D eigenvalue weighted by molar-refractivity contribution is 7.13. The summed E-state index contributed by atoms with van der Waals surface area (Å²) in [6.45, 7) is 5.36. The molecule has 0 aliphatic rings. The van der Waals surface area contributed by atoms with Crippen LogP contribution in [0.3, 0.4) is 0 Å². The minimum absolute atomic E-state index is 0.0731. The number of ether oxygens (including phenoxy) is 1. The Morgan fingerprint density at radius 1 is 1.31 bits per heavy atom. The van der Waals surface area contributed by atoms with Crippen LogP contribution >= 0.6 is 11.3 Å². The van der Waals surface area contributed by atoms with Crippen molar-refractivity contribution >= 4 is 23.1 Å². The molecule has 0 N–H and O–H groups in total. The standard InChI is InChI=1S/C16H14N6O3S/c1-8-7-9(2)22-16(17-8)18-12(21-22)15(23)24-10(3)13-19-20-14(25-13)11-5-4-6-26-11/h4-7,10H,1-3H3/t10-/m1/s1. The van der Waals surface area contributed by atoms with E-state index in [0.29, 0.717) is 11.7 Å². The fourth-order valence-electron chi connectivity index (χ4n) is 2.42. The fourth-order valence-corrected chi connectivity index (χ4v) is 3.06. The second-order valence-corrected chi connectivity index (χ2v) is 6.60. The molecule has 4 rings (SSSR count). The lowest BCUT2D eigenvalue weighted by atomic mass is 10.4. The van der Waals surface area contributed by atoms with Crippen LogP contribution in [0, 0.1) is 13.8 Å². The van der Waals surface area contributed by atoms with E-state index < -0.39 is 12.1 Å². The van der Waals surface area contributed by atoms with Crippen LogP contribution in [0.4, 0.5) is 0 Å². The number of hydrogen-bond acceptors (Lipinski definition) is 9. The Kier molecular flexibility index (Phi) is 3.96. The van der Waals surface area contributed by atoms with Crippen molar-refractivity contribution in [2.45, 2.75) is 26.9 Å². The molecule has 4 heterocycles. The fraction of sp³-hybridized carbons (Fsp3) is 0.250. The average molecular weight is 370 g/mol. The molecule has 0 aliphatic heterocycles. The van der Waals surface area contributed by atoms with Gasteiger partial charge in [0.15, 0.2) is 6.10 Å². The van der Waals surface area contributed by atoms with Gasteiger partial charge in [0.05, 0.1) is 4.88 Å². The number of esters is 1. The number of rotatable bonds is 4. The minimum Gasteiger partial charge on any atom is -0.447 e. The van der Waals surface area contributed by atoms with E-state index in [1.165, 1.54) is 15.9 Å². The molecule has 0 saturated carbocycles. The summed E-state index contributed by atoms with van der Waals surface area (Å²) in [6, 6.07) is 5.61. The third-order valence-electron chi connectivity index (χ3n) is 3.61. The van der Waals surface area contributed by atoms with Crippen molar-refractivity contribution in [3.63, 3.8) is 0 Å². The summed E-state index contributed by atoms with van der Waals surface area (Å²) >= 11 is 1.48. The number of carbonyl (C=O) groups is 1. The first-order valence-electron chi connectivity index (χ1n) is 7.80. The molecule has 26 heavy (non-hydrogen) atoms. The third kappa shape index (κ3) is 2.94. The Labute approximate surface area is 151 Å². The Morgan fingerprint density at radius 2 is 2.15 bits per heavy atom. The van der Waals surface area contributed by atoms with Gasteiger partial charge in [0.1, 0.15) is 0 Å². The molecular weight excluding hydrogens is 356 g/mol. The maximum absolute atomic E-state index is 12.4. The SMILES string of the molecule is Cc1cc(C)n2nc(C(=O)O[C@H](C)c3nnc(-c4cccs4)o3)nc2n1. The molecule has 0 saturated heterocycles. The van der Waals surface area contributed by atoms with Gasteiger partial charge in [0.2, 0.25) is 0 Å². The van der Waals surface area contributed by atoms with E-state index >= 15 is 0 Å². The zero-order chi connectivity index (χ0) is 18.3. The van der Waals surface area contributed by atoms with Crippen molar-refractivity contribution in [3.8, 4) is 10.8 Å². The lowest BCUT2D eigenvalue weighted by Crippen LogP contribution is -2.11. The summed E-state index contributed by atoms with van der Waals surface area (Å²) in [5.41, 5.74) is 1.62. The van der Waals surface area contributed by atoms with Crippen molar-refractivity contribution < 1.29 is 13.9 Å². The maximum Gasteiger partial charge on any atom is 0.379 e. The molecule has 9 nitrogen and oxygen atoms in total. The monoisotopic (exact) mass is 370 g/mol. The van der Waals surface area contributed by atoms with Crippen molar-refractivity contribution in [2.75, 3.05) is 0 Å². The topological polar surface area (TPSA) is 108 Å². The van der Waals surface area contributed by atoms with Gasteiger partial charge in [-0.25, -0.2) is 14.3 Å². The number of carbonyl (C=O) groups excluding carboxylic acids is 1. The van der Waals surface area contributed by atoms with E-state index in [9.17, 15) is 4.79 Å². The molecule has 0 radical (unpaired) electrons. The molecule has 132 valence electrons. The van der Waals surface area contributed by atoms with Gasteiger partial charge in [-0.3, -0.25) is 0 Å². The van der Waals surface area contributed by atoms with Gasteiger partial charge in [-0.1, -0.05) is 6.07 Å². The zero-order valence-corrected chi connectivity index (χ0v) is 15.0. The third-order valence-corrected chi connectivity index (χ3v) is 4.46. The normalized spacial score (nSPS) is 12.4. The molecule has 0 spiro atoms. The summed E-state index contributed by atoms with van der Waals surface area (Å²) in [4.78, 5) is 21.6. The summed E-state index contributed by atoms with van der Waals surface area (Å²) < 4.78 is 12.4. The smallest absolute Gasteiger partial charge is 0.379 e. The van der Waals surface area contributed by atoms with Crippen molar-refractivity contribution in [3.05, 3.63) is 46.7 Å². The summed E-state index contributed by atoms with van der Waals surface area (Å²) in [5, 5.41) is 14.0. The van der Waals surface area contributed by atoms with Crippen LogP contribution in [-0.4, -0.2) is 35.7 Å². The van der Waals surface area contributed by atoms with Gasteiger partial charge in [0.25, 0.3) is 23.4 Å². The first-order chi connectivity index (χ1) is 12.5. The van der Waals surface area contributed by atoms with E-state index in [1.807, 2.05) is 37.4 Å². The number of hydrogen-bond donors (Lipinski definition) is 0. The van der Waals surface area contributed by atoms with Gasteiger partial charge in [0, 0.05) is 11.4 Å². The highest BCUT2D eigenvalue weighted by atomic mass is 32.1. The lowest BCUT2D eigenvalue weighted by Gasteiger charge is -2.06. The number of nitrogens with zero attached hydrogens (tertiary/aromatic N) is 6. The van der Waals surface area contributed by atoms with Gasteiger partial charge >= 0.3 is 5.97 Å². The van der Waals surface area contributed by atoms with Gasteiger partial charge < -0.3 is 9.15 Å². The molecule has 4 aromatic rings. The zero-order valence-electron chi connectivity index (χ0n) is 14.2. The average Bonchev–Trinajstić information content (AvgIpc) is 3.33. The summed E-state index contributed by atoms with van der Waals surface area (Å²) in [5.74, 6) is 0.182. The molecule has 0 unspecified atom stereocenters. The van der Waals surface area contributed by atoms with E-state index in [4.69, 9.17) is 9.15 Å². The first-order valence-corrected chi connectivity index (χ1v) is 8.68. The van der Waals surface area contributed by atoms with E-state index in [-0.39, 0.29) is 11.7 Å². The Bertz CT molecular complexity index is 1090. The highest BCUT2D eigenvalue weighted by Gasteiger charge is 2.23. The number of thiophene rings is 1. The molecule has 0 fully saturated rings. The Hall–Kier alpha value is -3.14. The number of fused-ring (bicyclic) bond motifs is 1. The molecule has 1 atom stereocenters. The van der Waals surface area contributed by atoms with Crippen LogP contribution in [0.5, 0.6) is 0 Å². The molecule has 0 aromatic carbocycles. The molecule has 0 bridgehead atoms. The van der Waals surface area contributed by atoms with Crippen LogP contribution in [0.1, 0.15) is 40.9 Å². The van der Waals surface area contributed by atoms with E-state index in [2.05, 4.69) is 25.3 Å². The predicted octanol–water partition coefficient (Wildman–Crippen LogP) is 2.77. The second-order valence-electron chi connectivity index (χ2n) is 5.66. The summed E-state index contributed by atoms with van der Waals surface area (Å²) in [6.07, 6.45) is -0.730. The molecule has 0 amide bonds. The quantitative estimate of drug-likeness (QED) is 0.505. The number of aromatic nitrogens is 6. The van der Waals surface area contributed by atoms with Gasteiger partial charge in [-0.05, 0) is 38.3 Å². The molecule has 0 aliphatic carbocycles. The van der Waals surface area contributed by atoms with Crippen molar-refractivity contribution in [1.82, 2.24) is 29.8 Å². The lowest BCUT2D eigenvalue weighted by molar-refractivity contribution is 0.0266. The van der Waals surface area contributed by atoms with Crippen molar-refractivity contribution in [2.24, 2.45) is 0 Å². The van der Waals surface area contributed by atoms with Gasteiger partial charge in [-0.15, -0.1) is 26.6 Å². The molecule has 10 heteroatoms. The number of aryl methyl sites for hydroxylation is 2. The highest BCUT2D eigenvalue weighted by Crippen LogP contribution is 2.26.